The van der Waals surface area contributed by atoms with E-state index in [1.165, 1.54) is 0 Å². The summed E-state index contributed by atoms with van der Waals surface area (Å²) >= 11 is 7.47. The highest BCUT2D eigenvalue weighted by molar-refractivity contribution is 7.98. The minimum atomic E-state index is 0.560. The highest BCUT2D eigenvalue weighted by Crippen LogP contribution is 2.30. The maximum absolute atomic E-state index is 5.91. The van der Waals surface area contributed by atoms with Crippen LogP contribution in [-0.2, 0) is 5.75 Å². The summed E-state index contributed by atoms with van der Waals surface area (Å²) in [5.41, 5.74) is 2.07. The van der Waals surface area contributed by atoms with E-state index in [2.05, 4.69) is 15.3 Å². The molecule has 0 atom stereocenters. The van der Waals surface area contributed by atoms with Crippen molar-refractivity contribution in [3.8, 4) is 11.5 Å². The number of thioether (sulfide) groups is 1. The third-order valence-electron chi connectivity index (χ3n) is 3.68. The van der Waals surface area contributed by atoms with Gasteiger partial charge in [-0.25, -0.2) is 0 Å². The van der Waals surface area contributed by atoms with E-state index in [0.717, 1.165) is 33.4 Å². The Morgan fingerprint density at radius 3 is 2.77 bits per heavy atom. The van der Waals surface area contributed by atoms with Gasteiger partial charge < -0.3 is 9.47 Å². The average molecular weight is 387 g/mol. The van der Waals surface area contributed by atoms with Gasteiger partial charge in [-0.2, -0.15) is 9.78 Å². The molecule has 0 aliphatic carbocycles. The van der Waals surface area contributed by atoms with Crippen LogP contribution in [0.1, 0.15) is 11.1 Å². The first-order valence-corrected chi connectivity index (χ1v) is 9.35. The standard InChI is InChI=1S/C18H15ClN4O2S/c19-15-4-1-13(2-5-15)11-26-18-22-20-12-23(18)21-10-14-3-6-16-17(9-14)25-8-7-24-16/h1-6,9-10,12H,7-8,11H2/b21-10-. The van der Waals surface area contributed by atoms with E-state index in [4.69, 9.17) is 21.1 Å². The van der Waals surface area contributed by atoms with Crippen LogP contribution in [0.25, 0.3) is 0 Å². The lowest BCUT2D eigenvalue weighted by atomic mass is 10.2. The first-order valence-electron chi connectivity index (χ1n) is 7.99. The monoisotopic (exact) mass is 386 g/mol. The lowest BCUT2D eigenvalue weighted by molar-refractivity contribution is 0.171. The molecule has 3 aromatic rings. The molecule has 2 aromatic carbocycles. The van der Waals surface area contributed by atoms with Crippen molar-refractivity contribution >= 4 is 29.6 Å². The second kappa shape index (κ2) is 7.80. The molecule has 0 bridgehead atoms. The molecule has 0 fully saturated rings. The van der Waals surface area contributed by atoms with E-state index in [1.54, 1.807) is 29.0 Å². The number of rotatable bonds is 5. The molecule has 1 aliphatic heterocycles. The SMILES string of the molecule is Clc1ccc(CSc2nncn2/N=C\c2ccc3c(c2)OCCO3)cc1. The molecule has 132 valence electrons. The molecule has 0 spiro atoms. The lowest BCUT2D eigenvalue weighted by Crippen LogP contribution is -2.15. The molecule has 1 aliphatic rings. The summed E-state index contributed by atoms with van der Waals surface area (Å²) in [6.07, 6.45) is 3.33. The molecule has 1 aromatic heterocycles. The van der Waals surface area contributed by atoms with Crippen molar-refractivity contribution in [2.24, 2.45) is 5.10 Å². The fourth-order valence-corrected chi connectivity index (χ4v) is 3.34. The fourth-order valence-electron chi connectivity index (χ4n) is 2.39. The van der Waals surface area contributed by atoms with Crippen LogP contribution in [0.15, 0.2) is 59.0 Å². The number of hydrogen-bond donors (Lipinski definition) is 0. The van der Waals surface area contributed by atoms with Crippen LogP contribution in [0.2, 0.25) is 5.02 Å². The van der Waals surface area contributed by atoms with Gasteiger partial charge in [0, 0.05) is 10.8 Å². The summed E-state index contributed by atoms with van der Waals surface area (Å²) in [5.74, 6) is 2.26. The number of aromatic nitrogens is 3. The van der Waals surface area contributed by atoms with Gasteiger partial charge >= 0.3 is 0 Å². The topological polar surface area (TPSA) is 61.5 Å². The highest BCUT2D eigenvalue weighted by atomic mass is 35.5. The molecular formula is C18H15ClN4O2S. The van der Waals surface area contributed by atoms with Crippen molar-refractivity contribution in [1.82, 2.24) is 14.9 Å². The van der Waals surface area contributed by atoms with Gasteiger partial charge in [0.05, 0.1) is 6.21 Å². The summed E-state index contributed by atoms with van der Waals surface area (Å²) in [6.45, 7) is 1.14. The van der Waals surface area contributed by atoms with Crippen LogP contribution in [0, 0.1) is 0 Å². The van der Waals surface area contributed by atoms with Crippen molar-refractivity contribution in [1.29, 1.82) is 0 Å². The molecule has 26 heavy (non-hydrogen) atoms. The van der Waals surface area contributed by atoms with Crippen molar-refractivity contribution < 1.29 is 9.47 Å². The molecule has 6 nitrogen and oxygen atoms in total. The Labute approximate surface area is 159 Å². The lowest BCUT2D eigenvalue weighted by Gasteiger charge is -2.18. The number of nitrogens with zero attached hydrogens (tertiary/aromatic N) is 4. The van der Waals surface area contributed by atoms with Gasteiger partial charge in [0.15, 0.2) is 11.5 Å². The molecule has 0 saturated heterocycles. The Hall–Kier alpha value is -2.51. The summed E-state index contributed by atoms with van der Waals surface area (Å²) in [7, 11) is 0. The third kappa shape index (κ3) is 4.00. The van der Waals surface area contributed by atoms with Gasteiger partial charge in [-0.3, -0.25) is 0 Å². The molecule has 0 N–H and O–H groups in total. The zero-order valence-corrected chi connectivity index (χ0v) is 15.3. The van der Waals surface area contributed by atoms with Gasteiger partial charge in [0.2, 0.25) is 5.16 Å². The highest BCUT2D eigenvalue weighted by Gasteiger charge is 2.11. The molecule has 2 heterocycles. The average Bonchev–Trinajstić information content (AvgIpc) is 3.13. The second-order valence-corrected chi connectivity index (χ2v) is 6.90. The predicted molar refractivity (Wildman–Crippen MR) is 101 cm³/mol. The van der Waals surface area contributed by atoms with Crippen molar-refractivity contribution in [2.75, 3.05) is 13.2 Å². The number of hydrogen-bond acceptors (Lipinski definition) is 6. The summed E-state index contributed by atoms with van der Waals surface area (Å²) in [4.78, 5) is 0. The van der Waals surface area contributed by atoms with Crippen LogP contribution in [-0.4, -0.2) is 34.3 Å². The van der Waals surface area contributed by atoms with Crippen LogP contribution >= 0.6 is 23.4 Å². The number of ether oxygens (including phenoxy) is 2. The first kappa shape index (κ1) is 16.9. The fraction of sp³-hybridized carbons (Fsp3) is 0.167. The van der Waals surface area contributed by atoms with Gasteiger partial charge in [-0.15, -0.1) is 10.2 Å². The number of fused-ring (bicyclic) bond motifs is 1. The molecule has 0 radical (unpaired) electrons. The zero-order chi connectivity index (χ0) is 17.8. The minimum absolute atomic E-state index is 0.560. The first-order chi connectivity index (χ1) is 12.8. The largest absolute Gasteiger partial charge is 0.486 e. The third-order valence-corrected chi connectivity index (χ3v) is 4.94. The van der Waals surface area contributed by atoms with E-state index in [-0.39, 0.29) is 0 Å². The quantitative estimate of drug-likeness (QED) is 0.492. The number of benzene rings is 2. The van der Waals surface area contributed by atoms with Gasteiger partial charge in [0.1, 0.15) is 19.5 Å². The summed E-state index contributed by atoms with van der Waals surface area (Å²) in [6, 6.07) is 13.5. The summed E-state index contributed by atoms with van der Waals surface area (Å²) < 4.78 is 12.8. The van der Waals surface area contributed by atoms with Crippen LogP contribution in [0.5, 0.6) is 11.5 Å². The minimum Gasteiger partial charge on any atom is -0.486 e. The summed E-state index contributed by atoms with van der Waals surface area (Å²) in [5, 5.41) is 14.0. The molecule has 0 unspecified atom stereocenters. The Morgan fingerprint density at radius 1 is 1.12 bits per heavy atom. The molecule has 0 amide bonds. The Bertz CT molecular complexity index is 927. The maximum atomic E-state index is 5.91. The van der Waals surface area contributed by atoms with E-state index in [1.807, 2.05) is 42.5 Å². The molecule has 8 heteroatoms. The van der Waals surface area contributed by atoms with Crippen molar-refractivity contribution in [2.45, 2.75) is 10.9 Å². The Balaban J connectivity index is 1.45. The van der Waals surface area contributed by atoms with Crippen molar-refractivity contribution in [3.63, 3.8) is 0 Å². The van der Waals surface area contributed by atoms with E-state index in [9.17, 15) is 0 Å². The van der Waals surface area contributed by atoms with E-state index >= 15 is 0 Å². The zero-order valence-electron chi connectivity index (χ0n) is 13.7. The van der Waals surface area contributed by atoms with Gasteiger partial charge in [-0.1, -0.05) is 35.5 Å². The normalized spacial score (nSPS) is 13.3. The van der Waals surface area contributed by atoms with E-state index < -0.39 is 0 Å². The van der Waals surface area contributed by atoms with Gasteiger partial charge in [0.25, 0.3) is 0 Å². The van der Waals surface area contributed by atoms with Crippen LogP contribution in [0.3, 0.4) is 0 Å². The smallest absolute Gasteiger partial charge is 0.212 e. The molecule has 0 saturated carbocycles. The predicted octanol–water partition coefficient (Wildman–Crippen LogP) is 3.88. The number of halogens is 1. The van der Waals surface area contributed by atoms with Crippen LogP contribution < -0.4 is 9.47 Å². The molecular weight excluding hydrogens is 372 g/mol. The van der Waals surface area contributed by atoms with Crippen molar-refractivity contribution in [3.05, 3.63) is 64.9 Å². The van der Waals surface area contributed by atoms with Crippen LogP contribution in [0.4, 0.5) is 0 Å². The van der Waals surface area contributed by atoms with Gasteiger partial charge in [-0.05, 0) is 41.5 Å². The maximum Gasteiger partial charge on any atom is 0.212 e. The Morgan fingerprint density at radius 2 is 1.92 bits per heavy atom. The molecule has 4 rings (SSSR count). The second-order valence-electron chi connectivity index (χ2n) is 5.52. The van der Waals surface area contributed by atoms with E-state index in [0.29, 0.717) is 18.4 Å². The Kier molecular flexibility index (Phi) is 5.08.